The highest BCUT2D eigenvalue weighted by Gasteiger charge is 2.39. The second-order valence-electron chi connectivity index (χ2n) is 2.97. The molecule has 0 aliphatic heterocycles. The Bertz CT molecular complexity index is 139. The Morgan fingerprint density at radius 2 is 2.00 bits per heavy atom. The fraction of sp³-hybridized carbons (Fsp3) is 0.857. The average Bonchev–Trinajstić information content (AvgIpc) is 2.35. The van der Waals surface area contributed by atoms with E-state index in [1.807, 2.05) is 0 Å². The number of aliphatic carboxylic acids is 1. The number of hydrogen-bond donors (Lipinski definition) is 1. The Balaban J connectivity index is 2.67. The molecule has 10 heavy (non-hydrogen) atoms. The Hall–Kier alpha value is -0.570. The second-order valence-corrected chi connectivity index (χ2v) is 2.97. The van der Waals surface area contributed by atoms with E-state index in [0.717, 1.165) is 12.8 Å². The van der Waals surface area contributed by atoms with Crippen molar-refractivity contribution in [1.29, 1.82) is 0 Å². The molecule has 3 heteroatoms. The first-order chi connectivity index (χ1) is 4.71. The van der Waals surface area contributed by atoms with E-state index < -0.39 is 11.4 Å². The number of carboxylic acid groups (broad SMARTS) is 1. The maximum atomic E-state index is 10.6. The fourth-order valence-corrected chi connectivity index (χ4v) is 1.52. The molecule has 0 bridgehead atoms. The molecule has 1 aliphatic rings. The predicted molar refractivity (Wildman–Crippen MR) is 36.5 cm³/mol. The summed E-state index contributed by atoms with van der Waals surface area (Å²) in [5.41, 5.74) is 6.42. The Labute approximate surface area is 60.2 Å². The van der Waals surface area contributed by atoms with Gasteiger partial charge in [-0.25, -0.2) is 0 Å². The van der Waals surface area contributed by atoms with Crippen LogP contribution in [0, 0.1) is 5.41 Å². The lowest BCUT2D eigenvalue weighted by atomic mass is 9.87. The maximum absolute atomic E-state index is 10.6. The minimum absolute atomic E-state index is 0.0440. The lowest BCUT2D eigenvalue weighted by molar-refractivity contribution is -0.148. The van der Waals surface area contributed by atoms with Gasteiger partial charge in [-0.15, -0.1) is 0 Å². The zero-order valence-corrected chi connectivity index (χ0v) is 5.89. The van der Waals surface area contributed by atoms with E-state index in [-0.39, 0.29) is 6.54 Å². The van der Waals surface area contributed by atoms with Crippen molar-refractivity contribution in [3.05, 3.63) is 0 Å². The number of rotatable bonds is 2. The number of carboxylic acids is 1. The highest BCUT2D eigenvalue weighted by Crippen LogP contribution is 2.37. The smallest absolute Gasteiger partial charge is 0.310 e. The van der Waals surface area contributed by atoms with E-state index in [0.29, 0.717) is 12.8 Å². The molecule has 0 aromatic carbocycles. The summed E-state index contributed by atoms with van der Waals surface area (Å²) in [6, 6.07) is 0. The van der Waals surface area contributed by atoms with E-state index in [1.54, 1.807) is 0 Å². The summed E-state index contributed by atoms with van der Waals surface area (Å²) in [5.74, 6) is -0.778. The molecule has 1 radical (unpaired) electrons. The fourth-order valence-electron chi connectivity index (χ4n) is 1.52. The van der Waals surface area contributed by atoms with Gasteiger partial charge >= 0.3 is 5.97 Å². The first-order valence-corrected chi connectivity index (χ1v) is 3.59. The van der Waals surface area contributed by atoms with E-state index in [1.165, 1.54) is 0 Å². The largest absolute Gasteiger partial charge is 0.481 e. The lowest BCUT2D eigenvalue weighted by Crippen LogP contribution is -2.32. The van der Waals surface area contributed by atoms with Crippen molar-refractivity contribution in [1.82, 2.24) is 5.73 Å². The minimum Gasteiger partial charge on any atom is -0.481 e. The van der Waals surface area contributed by atoms with Crippen LogP contribution in [0.4, 0.5) is 0 Å². The SMILES string of the molecule is [NH]CC1(C(=O)O)CCCC1. The Kier molecular flexibility index (Phi) is 1.94. The van der Waals surface area contributed by atoms with E-state index >= 15 is 0 Å². The molecule has 0 aromatic heterocycles. The van der Waals surface area contributed by atoms with Gasteiger partial charge in [-0.1, -0.05) is 12.8 Å². The van der Waals surface area contributed by atoms with Crippen LogP contribution in [0.3, 0.4) is 0 Å². The number of nitrogens with one attached hydrogen (secondary N) is 1. The highest BCUT2D eigenvalue weighted by atomic mass is 16.4. The molecule has 1 rings (SSSR count). The van der Waals surface area contributed by atoms with Crippen molar-refractivity contribution in [3.63, 3.8) is 0 Å². The van der Waals surface area contributed by atoms with Crippen LogP contribution < -0.4 is 5.73 Å². The monoisotopic (exact) mass is 142 g/mol. The van der Waals surface area contributed by atoms with Crippen molar-refractivity contribution in [2.75, 3.05) is 6.54 Å². The van der Waals surface area contributed by atoms with Gasteiger partial charge in [-0.05, 0) is 12.8 Å². The maximum Gasteiger partial charge on any atom is 0.310 e. The van der Waals surface area contributed by atoms with Gasteiger partial charge in [0.05, 0.1) is 5.41 Å². The minimum atomic E-state index is -0.778. The highest BCUT2D eigenvalue weighted by molar-refractivity contribution is 5.75. The van der Waals surface area contributed by atoms with Crippen molar-refractivity contribution < 1.29 is 9.90 Å². The third-order valence-electron chi connectivity index (χ3n) is 2.35. The van der Waals surface area contributed by atoms with Crippen LogP contribution in [0.15, 0.2) is 0 Å². The van der Waals surface area contributed by atoms with Crippen LogP contribution in [-0.2, 0) is 4.79 Å². The average molecular weight is 142 g/mol. The summed E-state index contributed by atoms with van der Waals surface area (Å²) in [6.07, 6.45) is 3.36. The molecule has 0 amide bonds. The molecule has 2 N–H and O–H groups in total. The van der Waals surface area contributed by atoms with Crippen LogP contribution >= 0.6 is 0 Å². The van der Waals surface area contributed by atoms with Gasteiger partial charge in [0.2, 0.25) is 0 Å². The number of carbonyl (C=O) groups is 1. The third-order valence-corrected chi connectivity index (χ3v) is 2.35. The van der Waals surface area contributed by atoms with Gasteiger partial charge < -0.3 is 5.11 Å². The van der Waals surface area contributed by atoms with Gasteiger partial charge in [0.25, 0.3) is 0 Å². The summed E-state index contributed by atoms with van der Waals surface area (Å²) in [7, 11) is 0. The molecule has 1 saturated carbocycles. The zero-order chi connectivity index (χ0) is 7.61. The molecule has 1 aliphatic carbocycles. The standard InChI is InChI=1S/C7H12NO2/c8-5-7(6(9)10)3-1-2-4-7/h8H,1-5H2,(H,9,10). The summed E-state index contributed by atoms with van der Waals surface area (Å²) in [5, 5.41) is 8.74. The molecule has 0 unspecified atom stereocenters. The molecule has 3 nitrogen and oxygen atoms in total. The first kappa shape index (κ1) is 7.54. The Morgan fingerprint density at radius 1 is 1.50 bits per heavy atom. The summed E-state index contributed by atoms with van der Waals surface area (Å²) in [4.78, 5) is 10.6. The van der Waals surface area contributed by atoms with Gasteiger partial charge in [0, 0.05) is 6.54 Å². The molecule has 0 atom stereocenters. The second kappa shape index (κ2) is 2.58. The van der Waals surface area contributed by atoms with Crippen LogP contribution in [0.5, 0.6) is 0 Å². The molecule has 0 saturated heterocycles. The lowest BCUT2D eigenvalue weighted by Gasteiger charge is -2.19. The van der Waals surface area contributed by atoms with Crippen LogP contribution in [-0.4, -0.2) is 17.6 Å². The van der Waals surface area contributed by atoms with E-state index in [2.05, 4.69) is 0 Å². The normalized spacial score (nSPS) is 22.9. The molecule has 0 spiro atoms. The molecular formula is C7H12NO2. The summed E-state index contributed by atoms with van der Waals surface area (Å²) >= 11 is 0. The van der Waals surface area contributed by atoms with E-state index in [9.17, 15) is 4.79 Å². The third kappa shape index (κ3) is 1.01. The molecule has 57 valence electrons. The zero-order valence-electron chi connectivity index (χ0n) is 5.89. The topological polar surface area (TPSA) is 61.1 Å². The predicted octanol–water partition coefficient (Wildman–Crippen LogP) is 0.914. The van der Waals surface area contributed by atoms with Gasteiger partial charge in [0.15, 0.2) is 0 Å². The Morgan fingerprint density at radius 3 is 2.20 bits per heavy atom. The van der Waals surface area contributed by atoms with Crippen LogP contribution in [0.25, 0.3) is 0 Å². The quantitative estimate of drug-likeness (QED) is 0.623. The first-order valence-electron chi connectivity index (χ1n) is 3.59. The van der Waals surface area contributed by atoms with Gasteiger partial charge in [0.1, 0.15) is 0 Å². The van der Waals surface area contributed by atoms with E-state index in [4.69, 9.17) is 10.8 Å². The van der Waals surface area contributed by atoms with Crippen molar-refractivity contribution in [3.8, 4) is 0 Å². The molecule has 0 heterocycles. The van der Waals surface area contributed by atoms with Crippen molar-refractivity contribution in [2.24, 2.45) is 5.41 Å². The van der Waals surface area contributed by atoms with Gasteiger partial charge in [-0.2, -0.15) is 0 Å². The van der Waals surface area contributed by atoms with Crippen LogP contribution in [0.1, 0.15) is 25.7 Å². The van der Waals surface area contributed by atoms with Crippen molar-refractivity contribution in [2.45, 2.75) is 25.7 Å². The molecule has 1 fully saturated rings. The van der Waals surface area contributed by atoms with Gasteiger partial charge in [-0.3, -0.25) is 10.5 Å². The molecule has 0 aromatic rings. The van der Waals surface area contributed by atoms with Crippen molar-refractivity contribution >= 4 is 5.97 Å². The van der Waals surface area contributed by atoms with Crippen LogP contribution in [0.2, 0.25) is 0 Å². The summed E-state index contributed by atoms with van der Waals surface area (Å²) < 4.78 is 0. The number of hydrogen-bond acceptors (Lipinski definition) is 1. The summed E-state index contributed by atoms with van der Waals surface area (Å²) in [6.45, 7) is 0.0440. The molecular weight excluding hydrogens is 130 g/mol.